The number of hydrogen-bond donors (Lipinski definition) is 0. The van der Waals surface area contributed by atoms with Gasteiger partial charge in [0.05, 0.1) is 0 Å². The quantitative estimate of drug-likeness (QED) is 0.791. The number of amides is 1. The summed E-state index contributed by atoms with van der Waals surface area (Å²) < 4.78 is 27.6. The van der Waals surface area contributed by atoms with Crippen LogP contribution in [-0.4, -0.2) is 51.9 Å². The van der Waals surface area contributed by atoms with Crippen molar-refractivity contribution in [2.75, 3.05) is 26.2 Å². The summed E-state index contributed by atoms with van der Waals surface area (Å²) in [6, 6.07) is 6.08. The minimum absolute atomic E-state index is 0.00876. The van der Waals surface area contributed by atoms with Crippen LogP contribution in [0.2, 0.25) is 0 Å². The number of rotatable bonds is 3. The zero-order chi connectivity index (χ0) is 20.6. The van der Waals surface area contributed by atoms with Gasteiger partial charge in [-0.15, -0.1) is 0 Å². The third-order valence-corrected chi connectivity index (χ3v) is 6.08. The second-order valence-corrected chi connectivity index (χ2v) is 8.45. The molecule has 2 aliphatic heterocycles. The highest BCUT2D eigenvalue weighted by Gasteiger charge is 2.43. The van der Waals surface area contributed by atoms with Gasteiger partial charge in [-0.25, -0.2) is 18.7 Å². The molecule has 2 saturated heterocycles. The van der Waals surface area contributed by atoms with Crippen LogP contribution in [0.5, 0.6) is 0 Å². The number of carbonyl (C=O) groups excluding carboxylic acids is 1. The minimum atomic E-state index is -0.803. The van der Waals surface area contributed by atoms with Crippen molar-refractivity contribution in [3.8, 4) is 0 Å². The van der Waals surface area contributed by atoms with Crippen LogP contribution in [0.3, 0.4) is 0 Å². The Bertz CT molecular complexity index is 915. The number of benzene rings is 1. The zero-order valence-electron chi connectivity index (χ0n) is 16.9. The maximum atomic E-state index is 14.1. The lowest BCUT2D eigenvalue weighted by atomic mass is 9.79. The summed E-state index contributed by atoms with van der Waals surface area (Å²) >= 11 is 0. The Labute approximate surface area is 169 Å². The number of nitrogens with zero attached hydrogens (tertiary/aromatic N) is 4. The molecule has 0 aliphatic carbocycles. The van der Waals surface area contributed by atoms with Crippen LogP contribution in [0.4, 0.5) is 8.78 Å². The molecule has 2 aliphatic rings. The van der Waals surface area contributed by atoms with Crippen molar-refractivity contribution in [2.24, 2.45) is 5.41 Å². The van der Waals surface area contributed by atoms with E-state index in [1.54, 1.807) is 25.1 Å². The van der Waals surface area contributed by atoms with Crippen molar-refractivity contribution in [1.29, 1.82) is 0 Å². The molecule has 5 nitrogen and oxygen atoms in total. The summed E-state index contributed by atoms with van der Waals surface area (Å²) in [6.45, 7) is 7.06. The summed E-state index contributed by atoms with van der Waals surface area (Å²) in [6.07, 6.45) is 2.95. The highest BCUT2D eigenvalue weighted by atomic mass is 19.2. The average molecular weight is 400 g/mol. The number of likely N-dealkylation sites (tertiary alicyclic amines) is 2. The molecule has 0 N–H and O–H groups in total. The van der Waals surface area contributed by atoms with E-state index in [4.69, 9.17) is 0 Å². The number of halogens is 2. The second-order valence-electron chi connectivity index (χ2n) is 8.45. The Hall–Kier alpha value is -2.41. The van der Waals surface area contributed by atoms with E-state index >= 15 is 0 Å². The molecular formula is C22H26F2N4O. The molecule has 1 spiro atoms. The Morgan fingerprint density at radius 3 is 2.76 bits per heavy atom. The van der Waals surface area contributed by atoms with Gasteiger partial charge >= 0.3 is 0 Å². The van der Waals surface area contributed by atoms with E-state index < -0.39 is 11.6 Å². The fourth-order valence-corrected chi connectivity index (χ4v) is 4.79. The summed E-state index contributed by atoms with van der Waals surface area (Å²) in [5.41, 5.74) is 1.63. The van der Waals surface area contributed by atoms with Crippen LogP contribution in [0.15, 0.2) is 24.3 Å². The Balaban J connectivity index is 1.45. The van der Waals surface area contributed by atoms with Gasteiger partial charge in [0.1, 0.15) is 11.5 Å². The van der Waals surface area contributed by atoms with Crippen LogP contribution in [0.25, 0.3) is 0 Å². The van der Waals surface area contributed by atoms with Gasteiger partial charge in [-0.2, -0.15) is 0 Å². The van der Waals surface area contributed by atoms with Gasteiger partial charge < -0.3 is 4.90 Å². The van der Waals surface area contributed by atoms with Crippen LogP contribution < -0.4 is 0 Å². The number of carbonyl (C=O) groups is 1. The molecule has 1 unspecified atom stereocenters. The number of hydrogen-bond acceptors (Lipinski definition) is 4. The van der Waals surface area contributed by atoms with Crippen LogP contribution in [0, 0.1) is 30.9 Å². The van der Waals surface area contributed by atoms with Gasteiger partial charge in [-0.3, -0.25) is 9.69 Å². The molecule has 2 fully saturated rings. The third kappa shape index (κ3) is 4.15. The summed E-state index contributed by atoms with van der Waals surface area (Å²) in [5.74, 6) is -1.01. The van der Waals surface area contributed by atoms with Crippen LogP contribution in [-0.2, 0) is 6.54 Å². The van der Waals surface area contributed by atoms with Crippen LogP contribution >= 0.6 is 0 Å². The molecule has 2 aromatic rings. The van der Waals surface area contributed by atoms with Gasteiger partial charge in [-0.1, -0.05) is 12.1 Å². The average Bonchev–Trinajstić information content (AvgIpc) is 3.07. The molecule has 29 heavy (non-hydrogen) atoms. The maximum Gasteiger partial charge on any atom is 0.272 e. The van der Waals surface area contributed by atoms with Gasteiger partial charge in [0, 0.05) is 42.9 Å². The van der Waals surface area contributed by atoms with E-state index in [0.29, 0.717) is 36.7 Å². The van der Waals surface area contributed by atoms with Crippen molar-refractivity contribution in [3.05, 3.63) is 58.7 Å². The molecule has 1 atom stereocenters. The van der Waals surface area contributed by atoms with Gasteiger partial charge in [0.2, 0.25) is 0 Å². The SMILES string of the molecule is Cc1cc(C(=O)N2CCC3(CCCN(Cc4cccc(F)c4F)C3)C2)nc(C)n1. The lowest BCUT2D eigenvalue weighted by Crippen LogP contribution is -2.45. The summed E-state index contributed by atoms with van der Waals surface area (Å²) in [5, 5.41) is 0. The number of piperidine rings is 1. The standard InChI is InChI=1S/C22H26F2N4O/c1-15-11-19(26-16(2)25-15)21(29)28-10-8-22(14-28)7-4-9-27(13-22)12-17-5-3-6-18(23)20(17)24/h3,5-6,11H,4,7-10,12-14H2,1-2H3. The number of aryl methyl sites for hydroxylation is 2. The van der Waals surface area contributed by atoms with E-state index in [1.807, 2.05) is 11.8 Å². The van der Waals surface area contributed by atoms with Crippen molar-refractivity contribution >= 4 is 5.91 Å². The molecule has 0 bridgehead atoms. The predicted molar refractivity (Wildman–Crippen MR) is 105 cm³/mol. The van der Waals surface area contributed by atoms with Gasteiger partial charge in [-0.05, 0) is 51.8 Å². The first-order chi connectivity index (χ1) is 13.8. The molecular weight excluding hydrogens is 374 g/mol. The van der Waals surface area contributed by atoms with Crippen molar-refractivity contribution in [2.45, 2.75) is 39.7 Å². The molecule has 1 aromatic carbocycles. The first-order valence-electron chi connectivity index (χ1n) is 10.1. The molecule has 0 saturated carbocycles. The third-order valence-electron chi connectivity index (χ3n) is 6.08. The molecule has 7 heteroatoms. The molecule has 3 heterocycles. The van der Waals surface area contributed by atoms with Crippen molar-refractivity contribution in [1.82, 2.24) is 19.8 Å². The summed E-state index contributed by atoms with van der Waals surface area (Å²) in [7, 11) is 0. The van der Waals surface area contributed by atoms with E-state index in [1.165, 1.54) is 0 Å². The normalized spacial score (nSPS) is 22.4. The van der Waals surface area contributed by atoms with E-state index in [2.05, 4.69) is 14.9 Å². The first kappa shape index (κ1) is 19.9. The van der Waals surface area contributed by atoms with E-state index in [0.717, 1.165) is 44.1 Å². The maximum absolute atomic E-state index is 14.1. The fraction of sp³-hybridized carbons (Fsp3) is 0.500. The van der Waals surface area contributed by atoms with Gasteiger partial charge in [0.25, 0.3) is 5.91 Å². The molecule has 154 valence electrons. The summed E-state index contributed by atoms with van der Waals surface area (Å²) in [4.78, 5) is 25.6. The highest BCUT2D eigenvalue weighted by Crippen LogP contribution is 2.39. The van der Waals surface area contributed by atoms with Crippen molar-refractivity contribution < 1.29 is 13.6 Å². The molecule has 4 rings (SSSR count). The topological polar surface area (TPSA) is 49.3 Å². The van der Waals surface area contributed by atoms with Gasteiger partial charge in [0.15, 0.2) is 11.6 Å². The highest BCUT2D eigenvalue weighted by molar-refractivity contribution is 5.92. The lowest BCUT2D eigenvalue weighted by molar-refractivity contribution is 0.0668. The van der Waals surface area contributed by atoms with E-state index in [9.17, 15) is 13.6 Å². The smallest absolute Gasteiger partial charge is 0.272 e. The Morgan fingerprint density at radius 2 is 1.97 bits per heavy atom. The fourth-order valence-electron chi connectivity index (χ4n) is 4.79. The monoisotopic (exact) mass is 400 g/mol. The molecule has 1 aromatic heterocycles. The second kappa shape index (κ2) is 7.78. The zero-order valence-corrected chi connectivity index (χ0v) is 16.9. The Morgan fingerprint density at radius 1 is 1.14 bits per heavy atom. The Kier molecular flexibility index (Phi) is 5.34. The first-order valence-corrected chi connectivity index (χ1v) is 10.1. The predicted octanol–water partition coefficient (Wildman–Crippen LogP) is 3.50. The largest absolute Gasteiger partial charge is 0.337 e. The molecule has 1 amide bonds. The minimum Gasteiger partial charge on any atom is -0.337 e. The lowest BCUT2D eigenvalue weighted by Gasteiger charge is -2.40. The number of aromatic nitrogens is 2. The van der Waals surface area contributed by atoms with Crippen LogP contribution in [0.1, 0.15) is 46.8 Å². The van der Waals surface area contributed by atoms with E-state index in [-0.39, 0.29) is 11.3 Å². The molecule has 0 radical (unpaired) electrons. The van der Waals surface area contributed by atoms with Crippen molar-refractivity contribution in [3.63, 3.8) is 0 Å².